The van der Waals surface area contributed by atoms with Crippen molar-refractivity contribution in [2.75, 3.05) is 26.9 Å². The maximum atomic E-state index is 12.9. The van der Waals surface area contributed by atoms with Gasteiger partial charge in [0.05, 0.1) is 26.9 Å². The molecule has 15 heteroatoms. The number of ether oxygens (including phenoxy) is 5. The Labute approximate surface area is 236 Å². The standard InChI is InChI=1S/C27H30O15/c1-37-17-4-11(2-3-13(17)30)16-7-15(32)20-14(31)5-12(6-18(20)40-16)39-25-23(22(34)21(33)19(8-28)41-25)42-26-24(35)27(36,9-29)10-38-26/h2-7,19,21-26,28-31,33-36H,8-10H2,1H3. The smallest absolute Gasteiger partial charge is 0.229 e. The molecule has 8 N–H and O–H groups in total. The molecule has 2 aromatic carbocycles. The number of aliphatic hydroxyl groups is 6. The van der Waals surface area contributed by atoms with Gasteiger partial charge in [0, 0.05) is 23.8 Å². The van der Waals surface area contributed by atoms with Crippen molar-refractivity contribution in [3.63, 3.8) is 0 Å². The van der Waals surface area contributed by atoms with E-state index in [2.05, 4.69) is 0 Å². The third-order valence-corrected chi connectivity index (χ3v) is 7.20. The summed E-state index contributed by atoms with van der Waals surface area (Å²) in [5, 5.41) is 81.3. The van der Waals surface area contributed by atoms with Gasteiger partial charge in [-0.15, -0.1) is 0 Å². The minimum absolute atomic E-state index is 0.0695. The number of hydrogen-bond acceptors (Lipinski definition) is 15. The van der Waals surface area contributed by atoms with Crippen molar-refractivity contribution in [2.45, 2.75) is 48.7 Å². The molecule has 42 heavy (non-hydrogen) atoms. The fraction of sp³-hybridized carbons (Fsp3) is 0.444. The molecule has 0 amide bonds. The molecule has 3 aromatic rings. The van der Waals surface area contributed by atoms with Crippen LogP contribution in [0.3, 0.4) is 0 Å². The van der Waals surface area contributed by atoms with E-state index in [1.165, 1.54) is 31.4 Å². The molecule has 0 spiro atoms. The topological polar surface area (TPSA) is 238 Å². The summed E-state index contributed by atoms with van der Waals surface area (Å²) in [5.74, 6) is -0.612. The fourth-order valence-corrected chi connectivity index (χ4v) is 4.78. The number of phenolic OH excluding ortho intramolecular Hbond substituents is 2. The van der Waals surface area contributed by atoms with E-state index in [0.29, 0.717) is 5.56 Å². The number of benzene rings is 2. The van der Waals surface area contributed by atoms with Crippen molar-refractivity contribution in [1.29, 1.82) is 0 Å². The van der Waals surface area contributed by atoms with Crippen LogP contribution in [0.5, 0.6) is 23.0 Å². The highest BCUT2D eigenvalue weighted by Gasteiger charge is 2.53. The molecule has 2 aliphatic heterocycles. The molecule has 2 fully saturated rings. The molecular formula is C27H30O15. The third kappa shape index (κ3) is 5.37. The first kappa shape index (κ1) is 30.0. The molecule has 0 saturated carbocycles. The van der Waals surface area contributed by atoms with E-state index in [4.69, 9.17) is 28.1 Å². The number of rotatable bonds is 8. The first-order chi connectivity index (χ1) is 20.0. The zero-order chi connectivity index (χ0) is 30.3. The number of aromatic hydroxyl groups is 2. The van der Waals surface area contributed by atoms with Crippen molar-refractivity contribution < 1.29 is 69.0 Å². The number of fused-ring (bicyclic) bond motifs is 1. The van der Waals surface area contributed by atoms with Crippen LogP contribution in [-0.2, 0) is 14.2 Å². The Balaban J connectivity index is 1.48. The first-order valence-electron chi connectivity index (χ1n) is 12.8. The molecule has 3 heterocycles. The lowest BCUT2D eigenvalue weighted by molar-refractivity contribution is -0.318. The lowest BCUT2D eigenvalue weighted by atomic mass is 9.98. The Kier molecular flexibility index (Phi) is 8.30. The SMILES string of the molecule is COc1cc(-c2cc(=O)c3c(O)cc(OC4OC(CO)C(O)C(O)C4OC4OCC(O)(CO)C4O)cc3o2)ccc1O. The second-order valence-corrected chi connectivity index (χ2v) is 9.99. The molecule has 8 unspecified atom stereocenters. The van der Waals surface area contributed by atoms with E-state index in [1.54, 1.807) is 0 Å². The number of aliphatic hydroxyl groups excluding tert-OH is 5. The molecular weight excluding hydrogens is 564 g/mol. The van der Waals surface area contributed by atoms with Gasteiger partial charge in [-0.25, -0.2) is 0 Å². The lowest BCUT2D eigenvalue weighted by Gasteiger charge is -2.42. The van der Waals surface area contributed by atoms with E-state index in [9.17, 15) is 45.6 Å². The molecule has 0 radical (unpaired) electrons. The summed E-state index contributed by atoms with van der Waals surface area (Å²) >= 11 is 0. The maximum Gasteiger partial charge on any atom is 0.229 e. The highest BCUT2D eigenvalue weighted by atomic mass is 16.8. The minimum Gasteiger partial charge on any atom is -0.507 e. The normalized spacial score (nSPS) is 31.4. The van der Waals surface area contributed by atoms with Gasteiger partial charge in [-0.2, -0.15) is 0 Å². The van der Waals surface area contributed by atoms with Gasteiger partial charge in [0.25, 0.3) is 0 Å². The molecule has 0 aliphatic carbocycles. The highest BCUT2D eigenvalue weighted by molar-refractivity contribution is 5.86. The Bertz CT molecular complexity index is 1490. The van der Waals surface area contributed by atoms with Crippen molar-refractivity contribution in [1.82, 2.24) is 0 Å². The van der Waals surface area contributed by atoms with Crippen molar-refractivity contribution in [3.8, 4) is 34.3 Å². The second kappa shape index (κ2) is 11.6. The molecule has 2 saturated heterocycles. The van der Waals surface area contributed by atoms with Gasteiger partial charge >= 0.3 is 0 Å². The van der Waals surface area contributed by atoms with Crippen LogP contribution in [-0.4, -0.2) is 116 Å². The summed E-state index contributed by atoms with van der Waals surface area (Å²) in [6, 6.07) is 7.73. The number of hydrogen-bond donors (Lipinski definition) is 8. The van der Waals surface area contributed by atoms with Crippen LogP contribution in [0.15, 0.2) is 45.6 Å². The van der Waals surface area contributed by atoms with E-state index in [0.717, 1.165) is 12.1 Å². The lowest BCUT2D eigenvalue weighted by Crippen LogP contribution is -2.62. The van der Waals surface area contributed by atoms with Crippen LogP contribution < -0.4 is 14.9 Å². The first-order valence-corrected chi connectivity index (χ1v) is 12.8. The van der Waals surface area contributed by atoms with Crippen molar-refractivity contribution >= 4 is 11.0 Å². The number of methoxy groups -OCH3 is 1. The largest absolute Gasteiger partial charge is 0.507 e. The predicted molar refractivity (Wildman–Crippen MR) is 139 cm³/mol. The Morgan fingerprint density at radius 3 is 2.43 bits per heavy atom. The second-order valence-electron chi connectivity index (χ2n) is 9.99. The van der Waals surface area contributed by atoms with Crippen LogP contribution in [0.2, 0.25) is 0 Å². The molecule has 0 bridgehead atoms. The Morgan fingerprint density at radius 2 is 1.76 bits per heavy atom. The predicted octanol–water partition coefficient (Wildman–Crippen LogP) is -1.48. The maximum absolute atomic E-state index is 12.9. The molecule has 228 valence electrons. The van der Waals surface area contributed by atoms with Gasteiger partial charge in [0.15, 0.2) is 29.3 Å². The molecule has 1 aromatic heterocycles. The minimum atomic E-state index is -2.05. The van der Waals surface area contributed by atoms with Crippen LogP contribution in [0.4, 0.5) is 0 Å². The summed E-state index contributed by atoms with van der Waals surface area (Å²) in [4.78, 5) is 12.9. The van der Waals surface area contributed by atoms with Crippen LogP contribution in [0, 0.1) is 0 Å². The molecule has 2 aliphatic rings. The highest BCUT2D eigenvalue weighted by Crippen LogP contribution is 2.36. The zero-order valence-corrected chi connectivity index (χ0v) is 22.1. The van der Waals surface area contributed by atoms with E-state index < -0.39 is 79.7 Å². The van der Waals surface area contributed by atoms with Gasteiger partial charge in [-0.3, -0.25) is 4.79 Å². The van der Waals surface area contributed by atoms with Crippen LogP contribution in [0.25, 0.3) is 22.3 Å². The quantitative estimate of drug-likeness (QED) is 0.148. The van der Waals surface area contributed by atoms with Gasteiger partial charge in [0.1, 0.15) is 58.2 Å². The summed E-state index contributed by atoms with van der Waals surface area (Å²) in [7, 11) is 1.35. The average Bonchev–Trinajstić information content (AvgIpc) is 3.25. The van der Waals surface area contributed by atoms with Crippen LogP contribution >= 0.6 is 0 Å². The van der Waals surface area contributed by atoms with E-state index in [1.807, 2.05) is 0 Å². The third-order valence-electron chi connectivity index (χ3n) is 7.20. The summed E-state index contributed by atoms with van der Waals surface area (Å²) in [6.07, 6.45) is -11.3. The molecule has 5 rings (SSSR count). The van der Waals surface area contributed by atoms with Gasteiger partial charge in [0.2, 0.25) is 6.29 Å². The summed E-state index contributed by atoms with van der Waals surface area (Å²) in [5.41, 5.74) is -2.39. The molecule has 15 nitrogen and oxygen atoms in total. The monoisotopic (exact) mass is 594 g/mol. The summed E-state index contributed by atoms with van der Waals surface area (Å²) in [6.45, 7) is -2.08. The van der Waals surface area contributed by atoms with E-state index in [-0.39, 0.29) is 34.0 Å². The van der Waals surface area contributed by atoms with E-state index >= 15 is 0 Å². The zero-order valence-electron chi connectivity index (χ0n) is 22.1. The fourth-order valence-electron chi connectivity index (χ4n) is 4.78. The van der Waals surface area contributed by atoms with Gasteiger partial charge < -0.3 is 69.0 Å². The number of phenols is 2. The summed E-state index contributed by atoms with van der Waals surface area (Å²) < 4.78 is 33.2. The van der Waals surface area contributed by atoms with Crippen molar-refractivity contribution in [3.05, 3.63) is 46.6 Å². The Morgan fingerprint density at radius 1 is 1.00 bits per heavy atom. The van der Waals surface area contributed by atoms with Crippen molar-refractivity contribution in [2.24, 2.45) is 0 Å². The average molecular weight is 595 g/mol. The van der Waals surface area contributed by atoms with Gasteiger partial charge in [-0.1, -0.05) is 0 Å². The van der Waals surface area contributed by atoms with Crippen LogP contribution in [0.1, 0.15) is 0 Å². The van der Waals surface area contributed by atoms with Gasteiger partial charge in [-0.05, 0) is 18.2 Å². The molecule has 8 atom stereocenters. The Hall–Kier alpha value is -3.51.